The van der Waals surface area contributed by atoms with Crippen molar-refractivity contribution >= 4 is 27.5 Å². The van der Waals surface area contributed by atoms with Gasteiger partial charge in [0.05, 0.1) is 10.2 Å². The number of hydrogen-bond donors (Lipinski definition) is 1. The fraction of sp³-hybridized carbons (Fsp3) is 0.125. The highest BCUT2D eigenvalue weighted by Crippen LogP contribution is 2.25. The van der Waals surface area contributed by atoms with Gasteiger partial charge in [0.25, 0.3) is 0 Å². The van der Waals surface area contributed by atoms with Crippen molar-refractivity contribution in [3.63, 3.8) is 0 Å². The molecule has 7 heteroatoms. The van der Waals surface area contributed by atoms with Gasteiger partial charge in [-0.05, 0) is 28.1 Å². The Morgan fingerprint density at radius 3 is 2.73 bits per heavy atom. The predicted octanol–water partition coefficient (Wildman–Crippen LogP) is 2.43. The summed E-state index contributed by atoms with van der Waals surface area (Å²) in [5.41, 5.74) is -0.211. The van der Waals surface area contributed by atoms with E-state index in [1.807, 2.05) is 0 Å². The van der Waals surface area contributed by atoms with Crippen LogP contribution in [0.3, 0.4) is 0 Å². The molecule has 15 heavy (non-hydrogen) atoms. The number of carbonyl (C=O) groups excluding carboxylic acids is 1. The van der Waals surface area contributed by atoms with E-state index in [1.165, 1.54) is 0 Å². The first kappa shape index (κ1) is 11.7. The zero-order chi connectivity index (χ0) is 11.4. The van der Waals surface area contributed by atoms with Crippen molar-refractivity contribution in [1.29, 1.82) is 0 Å². The second kappa shape index (κ2) is 4.92. The molecule has 4 nitrogen and oxygen atoms in total. The van der Waals surface area contributed by atoms with Gasteiger partial charge < -0.3 is 5.32 Å². The molecule has 0 bridgehead atoms. The average molecular weight is 279 g/mol. The summed E-state index contributed by atoms with van der Waals surface area (Å²) < 4.78 is 25.7. The number of carbonyl (C=O) groups is 1. The van der Waals surface area contributed by atoms with Crippen LogP contribution in [0, 0.1) is 16.5 Å². The van der Waals surface area contributed by atoms with E-state index < -0.39 is 24.1 Å². The molecule has 0 aliphatic carbocycles. The molecule has 0 aliphatic heterocycles. The van der Waals surface area contributed by atoms with E-state index in [-0.39, 0.29) is 10.2 Å². The van der Waals surface area contributed by atoms with Crippen LogP contribution in [0.2, 0.25) is 0 Å². The largest absolute Gasteiger partial charge is 0.322 e. The molecular formula is C8H5BrF2N2O2. The van der Waals surface area contributed by atoms with Crippen LogP contribution in [0.25, 0.3) is 0 Å². The van der Waals surface area contributed by atoms with Crippen LogP contribution in [-0.2, 0) is 4.79 Å². The Balaban J connectivity index is 2.91. The molecule has 0 saturated heterocycles. The van der Waals surface area contributed by atoms with Crippen molar-refractivity contribution in [2.45, 2.75) is 0 Å². The van der Waals surface area contributed by atoms with Gasteiger partial charge in [0.15, 0.2) is 12.4 Å². The molecular weight excluding hydrogens is 274 g/mol. The molecule has 0 radical (unpaired) electrons. The van der Waals surface area contributed by atoms with Crippen LogP contribution in [0.15, 0.2) is 21.8 Å². The number of benzene rings is 1. The smallest absolute Gasteiger partial charge is 0.249 e. The van der Waals surface area contributed by atoms with Crippen LogP contribution in [0.5, 0.6) is 0 Å². The number of nitroso groups, excluding NO2 is 1. The first-order valence-corrected chi connectivity index (χ1v) is 4.58. The quantitative estimate of drug-likeness (QED) is 0.682. The van der Waals surface area contributed by atoms with Gasteiger partial charge in [-0.1, -0.05) is 5.18 Å². The summed E-state index contributed by atoms with van der Waals surface area (Å²) in [6.45, 7) is -0.617. The molecule has 1 rings (SSSR count). The number of rotatable bonds is 3. The second-order valence-electron chi connectivity index (χ2n) is 2.56. The lowest BCUT2D eigenvalue weighted by Gasteiger charge is -2.05. The minimum absolute atomic E-state index is 0.211. The minimum atomic E-state index is -0.936. The molecule has 0 saturated carbocycles. The summed E-state index contributed by atoms with van der Waals surface area (Å²) in [5, 5.41) is 4.41. The fourth-order valence-electron chi connectivity index (χ4n) is 0.871. The van der Waals surface area contributed by atoms with E-state index in [9.17, 15) is 18.5 Å². The number of nitrogens with zero attached hydrogens (tertiary/aromatic N) is 1. The van der Waals surface area contributed by atoms with Crippen LogP contribution >= 0.6 is 15.9 Å². The highest BCUT2D eigenvalue weighted by molar-refractivity contribution is 9.10. The van der Waals surface area contributed by atoms with Crippen molar-refractivity contribution < 1.29 is 13.6 Å². The molecule has 0 aliphatic rings. The SMILES string of the molecule is O=NCC(=O)Nc1ccc(F)c(Br)c1F. The Morgan fingerprint density at radius 1 is 1.47 bits per heavy atom. The van der Waals surface area contributed by atoms with E-state index in [0.29, 0.717) is 0 Å². The molecule has 0 aromatic heterocycles. The second-order valence-corrected chi connectivity index (χ2v) is 3.35. The maximum absolute atomic E-state index is 13.3. The Bertz CT molecular complexity index is 412. The maximum Gasteiger partial charge on any atom is 0.249 e. The molecule has 1 aromatic rings. The third-order valence-electron chi connectivity index (χ3n) is 1.52. The van der Waals surface area contributed by atoms with E-state index in [1.54, 1.807) is 0 Å². The van der Waals surface area contributed by atoms with Gasteiger partial charge in [-0.25, -0.2) is 8.78 Å². The van der Waals surface area contributed by atoms with Gasteiger partial charge in [-0.15, -0.1) is 0 Å². The molecule has 0 unspecified atom stereocenters. The normalized spacial score (nSPS) is 9.80. The molecule has 0 heterocycles. The lowest BCUT2D eigenvalue weighted by Crippen LogP contribution is -2.15. The topological polar surface area (TPSA) is 58.5 Å². The summed E-state index contributed by atoms with van der Waals surface area (Å²) in [4.78, 5) is 20.6. The summed E-state index contributed by atoms with van der Waals surface area (Å²) in [6, 6.07) is 2.04. The first-order chi connectivity index (χ1) is 7.06. The molecule has 1 aromatic carbocycles. The molecule has 0 spiro atoms. The monoisotopic (exact) mass is 278 g/mol. The number of hydrogen-bond acceptors (Lipinski definition) is 3. The van der Waals surface area contributed by atoms with E-state index in [2.05, 4.69) is 26.4 Å². The van der Waals surface area contributed by atoms with E-state index >= 15 is 0 Å². The van der Waals surface area contributed by atoms with Crippen molar-refractivity contribution in [1.82, 2.24) is 0 Å². The fourth-order valence-corrected chi connectivity index (χ4v) is 1.22. The Hall–Kier alpha value is -1.37. The zero-order valence-corrected chi connectivity index (χ0v) is 8.85. The Labute approximate surface area is 91.8 Å². The van der Waals surface area contributed by atoms with Crippen molar-refractivity contribution in [3.05, 3.63) is 33.1 Å². The van der Waals surface area contributed by atoms with Gasteiger partial charge >= 0.3 is 0 Å². The standard InChI is InChI=1S/C8H5BrF2N2O2/c9-7-4(10)1-2-5(8(7)11)13-6(14)3-12-15/h1-2H,3H2,(H,13,14). The predicted molar refractivity (Wildman–Crippen MR) is 53.3 cm³/mol. The summed E-state index contributed by atoms with van der Waals surface area (Å²) in [7, 11) is 0. The third kappa shape index (κ3) is 2.79. The number of nitrogens with one attached hydrogen (secondary N) is 1. The Kier molecular flexibility index (Phi) is 3.84. The van der Waals surface area contributed by atoms with Crippen molar-refractivity contribution in [2.75, 3.05) is 11.9 Å². The van der Waals surface area contributed by atoms with Gasteiger partial charge in [-0.3, -0.25) is 4.79 Å². The van der Waals surface area contributed by atoms with Crippen LogP contribution in [0.1, 0.15) is 0 Å². The summed E-state index contributed by atoms with van der Waals surface area (Å²) in [5.74, 6) is -2.48. The highest BCUT2D eigenvalue weighted by Gasteiger charge is 2.13. The lowest BCUT2D eigenvalue weighted by atomic mass is 10.3. The average Bonchev–Trinajstić information content (AvgIpc) is 2.20. The van der Waals surface area contributed by atoms with Crippen LogP contribution in [-0.4, -0.2) is 12.5 Å². The molecule has 80 valence electrons. The van der Waals surface area contributed by atoms with Crippen LogP contribution in [0.4, 0.5) is 14.5 Å². The molecule has 1 amide bonds. The minimum Gasteiger partial charge on any atom is -0.322 e. The first-order valence-electron chi connectivity index (χ1n) is 3.78. The van der Waals surface area contributed by atoms with Crippen molar-refractivity contribution in [2.24, 2.45) is 5.18 Å². The maximum atomic E-state index is 13.3. The molecule has 0 atom stereocenters. The number of amides is 1. The van der Waals surface area contributed by atoms with Gasteiger partial charge in [-0.2, -0.15) is 4.91 Å². The molecule has 1 N–H and O–H groups in total. The highest BCUT2D eigenvalue weighted by atomic mass is 79.9. The third-order valence-corrected chi connectivity index (χ3v) is 2.24. The summed E-state index contributed by atoms with van der Waals surface area (Å²) >= 11 is 2.67. The number of halogens is 3. The van der Waals surface area contributed by atoms with Gasteiger partial charge in [0, 0.05) is 0 Å². The van der Waals surface area contributed by atoms with E-state index in [4.69, 9.17) is 0 Å². The van der Waals surface area contributed by atoms with Gasteiger partial charge in [0.1, 0.15) is 5.82 Å². The lowest BCUT2D eigenvalue weighted by molar-refractivity contribution is -0.114. The van der Waals surface area contributed by atoms with E-state index in [0.717, 1.165) is 12.1 Å². The zero-order valence-electron chi connectivity index (χ0n) is 7.26. The molecule has 0 fully saturated rings. The Morgan fingerprint density at radius 2 is 2.13 bits per heavy atom. The van der Waals surface area contributed by atoms with Crippen molar-refractivity contribution in [3.8, 4) is 0 Å². The van der Waals surface area contributed by atoms with Crippen LogP contribution < -0.4 is 5.32 Å². The summed E-state index contributed by atoms with van der Waals surface area (Å²) in [6.07, 6.45) is 0. The number of anilines is 1. The van der Waals surface area contributed by atoms with Gasteiger partial charge in [0.2, 0.25) is 5.91 Å².